The largest absolute Gasteiger partial charge is 0.457 e. The number of aromatic amines is 2. The number of fused-ring (bicyclic) bond motifs is 1. The van der Waals surface area contributed by atoms with Crippen LogP contribution in [0.15, 0.2) is 76.8 Å². The SMILES string of the molecule is C=CC(=O)N[C@H]1CCN(c2nc(-c3ccc(Oc4ccccc4)cc3)c(C(N)=O)c3[nH]c(=O)c(=O)[nH]c23)C1. The molecule has 11 nitrogen and oxygen atoms in total. The van der Waals surface area contributed by atoms with E-state index in [4.69, 9.17) is 15.5 Å². The number of primary amides is 1. The number of amides is 2. The molecule has 3 heterocycles. The molecule has 1 fully saturated rings. The summed E-state index contributed by atoms with van der Waals surface area (Å²) >= 11 is 0. The maximum atomic E-state index is 12.6. The van der Waals surface area contributed by atoms with Gasteiger partial charge >= 0.3 is 11.1 Å². The number of hydrogen-bond donors (Lipinski definition) is 4. The van der Waals surface area contributed by atoms with Crippen LogP contribution in [0.3, 0.4) is 0 Å². The zero-order chi connectivity index (χ0) is 26.8. The molecule has 192 valence electrons. The van der Waals surface area contributed by atoms with E-state index in [-0.39, 0.29) is 34.2 Å². The van der Waals surface area contributed by atoms with Crippen molar-refractivity contribution >= 4 is 28.7 Å². The van der Waals surface area contributed by atoms with Crippen LogP contribution >= 0.6 is 0 Å². The number of hydrogen-bond acceptors (Lipinski definition) is 7. The molecule has 0 bridgehead atoms. The number of carbonyl (C=O) groups is 2. The van der Waals surface area contributed by atoms with Crippen LogP contribution in [0.4, 0.5) is 5.82 Å². The molecule has 1 atom stereocenters. The number of H-pyrrole nitrogens is 2. The first kappa shape index (κ1) is 24.5. The predicted molar refractivity (Wildman–Crippen MR) is 142 cm³/mol. The maximum Gasteiger partial charge on any atom is 0.314 e. The standard InChI is InChI=1S/C27H24N6O5/c1-2-19(34)29-16-12-13-33(14-16)25-23-22(31-26(36)27(37)32-23)20(24(28)35)21(30-25)15-8-10-18(11-9-15)38-17-6-4-3-5-7-17/h2-11,16H,1,12-14H2,(H2,28,35)(H,29,34)(H,31,36)(H,32,37)/t16-/m0/s1. The monoisotopic (exact) mass is 512 g/mol. The van der Waals surface area contributed by atoms with Crippen molar-refractivity contribution < 1.29 is 14.3 Å². The Morgan fingerprint density at radius 1 is 1.03 bits per heavy atom. The second-order valence-corrected chi connectivity index (χ2v) is 8.77. The van der Waals surface area contributed by atoms with Crippen molar-refractivity contribution in [1.82, 2.24) is 20.3 Å². The van der Waals surface area contributed by atoms with Gasteiger partial charge in [-0.1, -0.05) is 24.8 Å². The highest BCUT2D eigenvalue weighted by Crippen LogP contribution is 2.34. The molecule has 5 rings (SSSR count). The molecular weight excluding hydrogens is 488 g/mol. The minimum atomic E-state index is -0.924. The van der Waals surface area contributed by atoms with Gasteiger partial charge in [0.05, 0.1) is 16.8 Å². The summed E-state index contributed by atoms with van der Waals surface area (Å²) in [5, 5.41) is 2.85. The van der Waals surface area contributed by atoms with Crippen LogP contribution in [0.1, 0.15) is 16.8 Å². The number of nitrogens with one attached hydrogen (secondary N) is 3. The maximum absolute atomic E-state index is 12.6. The lowest BCUT2D eigenvalue weighted by atomic mass is 10.0. The van der Waals surface area contributed by atoms with E-state index in [2.05, 4.69) is 21.9 Å². The third kappa shape index (κ3) is 4.76. The molecular formula is C27H24N6O5. The Hall–Kier alpha value is -5.19. The van der Waals surface area contributed by atoms with Gasteiger partial charge in [0.2, 0.25) is 5.91 Å². The summed E-state index contributed by atoms with van der Waals surface area (Å²) in [6, 6.07) is 16.0. The van der Waals surface area contributed by atoms with Crippen LogP contribution in [0.5, 0.6) is 11.5 Å². The number of carbonyl (C=O) groups excluding carboxylic acids is 2. The zero-order valence-electron chi connectivity index (χ0n) is 20.2. The van der Waals surface area contributed by atoms with Gasteiger partial charge in [0, 0.05) is 24.7 Å². The van der Waals surface area contributed by atoms with Crippen molar-refractivity contribution in [2.45, 2.75) is 12.5 Å². The normalized spacial score (nSPS) is 14.8. The third-order valence-corrected chi connectivity index (χ3v) is 6.23. The fourth-order valence-electron chi connectivity index (χ4n) is 4.47. The van der Waals surface area contributed by atoms with E-state index in [9.17, 15) is 19.2 Å². The molecule has 2 aromatic carbocycles. The van der Waals surface area contributed by atoms with Crippen LogP contribution in [-0.2, 0) is 4.79 Å². The lowest BCUT2D eigenvalue weighted by Crippen LogP contribution is -2.36. The molecule has 5 N–H and O–H groups in total. The van der Waals surface area contributed by atoms with Crippen LogP contribution < -0.4 is 31.8 Å². The van der Waals surface area contributed by atoms with Gasteiger partial charge in [-0.05, 0) is 48.9 Å². The van der Waals surface area contributed by atoms with Crippen molar-refractivity contribution in [3.63, 3.8) is 0 Å². The van der Waals surface area contributed by atoms with E-state index in [1.165, 1.54) is 6.08 Å². The second-order valence-electron chi connectivity index (χ2n) is 8.77. The van der Waals surface area contributed by atoms with E-state index in [0.29, 0.717) is 42.4 Å². The number of ether oxygens (including phenoxy) is 1. The number of aromatic nitrogens is 3. The molecule has 2 amide bonds. The van der Waals surface area contributed by atoms with Gasteiger partial charge in [0.1, 0.15) is 17.0 Å². The highest BCUT2D eigenvalue weighted by molar-refractivity contribution is 6.11. The Kier molecular flexibility index (Phi) is 6.48. The molecule has 11 heteroatoms. The summed E-state index contributed by atoms with van der Waals surface area (Å²) in [4.78, 5) is 60.6. The zero-order valence-corrected chi connectivity index (χ0v) is 20.2. The first-order chi connectivity index (χ1) is 18.3. The number of nitrogens with zero attached hydrogens (tertiary/aromatic N) is 2. The second kappa shape index (κ2) is 10.1. The quantitative estimate of drug-likeness (QED) is 0.217. The number of benzene rings is 2. The average molecular weight is 513 g/mol. The molecule has 38 heavy (non-hydrogen) atoms. The Balaban J connectivity index is 1.61. The topological polar surface area (TPSA) is 163 Å². The lowest BCUT2D eigenvalue weighted by molar-refractivity contribution is -0.117. The molecule has 1 aliphatic heterocycles. The van der Waals surface area contributed by atoms with Gasteiger partial charge in [-0.25, -0.2) is 4.98 Å². The number of rotatable bonds is 7. The molecule has 1 saturated heterocycles. The number of nitrogens with two attached hydrogens (primary N) is 1. The van der Waals surface area contributed by atoms with Crippen molar-refractivity contribution in [2.75, 3.05) is 18.0 Å². The van der Waals surface area contributed by atoms with E-state index >= 15 is 0 Å². The molecule has 0 spiro atoms. The predicted octanol–water partition coefficient (Wildman–Crippen LogP) is 2.05. The smallest absolute Gasteiger partial charge is 0.314 e. The summed E-state index contributed by atoms with van der Waals surface area (Å²) in [5.41, 5.74) is 4.92. The average Bonchev–Trinajstić information content (AvgIpc) is 3.37. The molecule has 0 unspecified atom stereocenters. The summed E-state index contributed by atoms with van der Waals surface area (Å²) in [6.45, 7) is 4.37. The summed E-state index contributed by atoms with van der Waals surface area (Å²) in [7, 11) is 0. The van der Waals surface area contributed by atoms with Gasteiger partial charge in [0.15, 0.2) is 5.82 Å². The highest BCUT2D eigenvalue weighted by atomic mass is 16.5. The molecule has 2 aromatic heterocycles. The highest BCUT2D eigenvalue weighted by Gasteiger charge is 2.29. The number of para-hydroxylation sites is 1. The first-order valence-electron chi connectivity index (χ1n) is 11.9. The fourth-order valence-corrected chi connectivity index (χ4v) is 4.47. The van der Waals surface area contributed by atoms with E-state index in [0.717, 1.165) is 0 Å². The van der Waals surface area contributed by atoms with Crippen molar-refractivity contribution in [3.8, 4) is 22.8 Å². The molecule has 0 saturated carbocycles. The number of pyridine rings is 1. The van der Waals surface area contributed by atoms with Crippen molar-refractivity contribution in [3.05, 3.63) is 93.5 Å². The van der Waals surface area contributed by atoms with Crippen LogP contribution in [0.25, 0.3) is 22.3 Å². The fraction of sp³-hybridized carbons (Fsp3) is 0.148. The minimum Gasteiger partial charge on any atom is -0.457 e. The molecule has 0 radical (unpaired) electrons. The van der Waals surface area contributed by atoms with Crippen LogP contribution in [-0.4, -0.2) is 45.9 Å². The van der Waals surface area contributed by atoms with Gasteiger partial charge in [0.25, 0.3) is 5.91 Å². The Morgan fingerprint density at radius 2 is 1.68 bits per heavy atom. The molecule has 0 aliphatic carbocycles. The van der Waals surface area contributed by atoms with Crippen LogP contribution in [0.2, 0.25) is 0 Å². The van der Waals surface area contributed by atoms with Crippen molar-refractivity contribution in [2.24, 2.45) is 5.73 Å². The minimum absolute atomic E-state index is 0.0375. The lowest BCUT2D eigenvalue weighted by Gasteiger charge is -2.22. The van der Waals surface area contributed by atoms with E-state index < -0.39 is 17.0 Å². The third-order valence-electron chi connectivity index (χ3n) is 6.23. The molecule has 1 aliphatic rings. The van der Waals surface area contributed by atoms with E-state index in [1.54, 1.807) is 24.3 Å². The van der Waals surface area contributed by atoms with Gasteiger partial charge in [-0.15, -0.1) is 0 Å². The number of anilines is 1. The summed E-state index contributed by atoms with van der Waals surface area (Å²) in [6.07, 6.45) is 1.82. The van der Waals surface area contributed by atoms with Crippen molar-refractivity contribution in [1.29, 1.82) is 0 Å². The summed E-state index contributed by atoms with van der Waals surface area (Å²) in [5.74, 6) is 0.453. The van der Waals surface area contributed by atoms with E-state index in [1.807, 2.05) is 35.2 Å². The van der Waals surface area contributed by atoms with Gasteiger partial charge in [-0.3, -0.25) is 19.2 Å². The molecule has 4 aromatic rings. The Labute approximate surface area is 216 Å². The first-order valence-corrected chi connectivity index (χ1v) is 11.9. The summed E-state index contributed by atoms with van der Waals surface area (Å²) < 4.78 is 5.85. The Bertz CT molecular complexity index is 1660. The van der Waals surface area contributed by atoms with Gasteiger partial charge < -0.3 is 30.7 Å². The van der Waals surface area contributed by atoms with Crippen LogP contribution in [0, 0.1) is 0 Å². The van der Waals surface area contributed by atoms with Gasteiger partial charge in [-0.2, -0.15) is 0 Å². The Morgan fingerprint density at radius 3 is 2.34 bits per heavy atom.